The summed E-state index contributed by atoms with van der Waals surface area (Å²) in [7, 11) is 1.52. The van der Waals surface area contributed by atoms with Crippen molar-refractivity contribution in [3.05, 3.63) is 48.2 Å². The van der Waals surface area contributed by atoms with Crippen molar-refractivity contribution in [1.29, 1.82) is 0 Å². The number of amides is 1. The lowest BCUT2D eigenvalue weighted by Gasteiger charge is -2.13. The molecule has 0 saturated carbocycles. The van der Waals surface area contributed by atoms with Crippen LogP contribution in [0.5, 0.6) is 11.5 Å². The number of anilines is 1. The fourth-order valence-electron chi connectivity index (χ4n) is 2.05. The van der Waals surface area contributed by atoms with Crippen molar-refractivity contribution in [1.82, 2.24) is 10.3 Å². The van der Waals surface area contributed by atoms with Gasteiger partial charge >= 0.3 is 6.18 Å². The fourth-order valence-corrected chi connectivity index (χ4v) is 2.05. The number of carbonyl (C=O) groups excluding carboxylic acids is 1. The smallest absolute Gasteiger partial charge is 0.419 e. The van der Waals surface area contributed by atoms with Crippen molar-refractivity contribution in [3.63, 3.8) is 0 Å². The van der Waals surface area contributed by atoms with E-state index in [4.69, 9.17) is 9.47 Å². The topological polar surface area (TPSA) is 72.5 Å². The van der Waals surface area contributed by atoms with Crippen LogP contribution in [0.4, 0.5) is 19.0 Å². The summed E-state index contributed by atoms with van der Waals surface area (Å²) >= 11 is 0. The predicted molar refractivity (Wildman–Crippen MR) is 89.2 cm³/mol. The van der Waals surface area contributed by atoms with Gasteiger partial charge in [0.05, 0.1) is 12.7 Å². The van der Waals surface area contributed by atoms with E-state index in [9.17, 15) is 18.0 Å². The van der Waals surface area contributed by atoms with E-state index in [1.807, 2.05) is 0 Å². The minimum atomic E-state index is -4.50. The number of benzene rings is 1. The second-order valence-electron chi connectivity index (χ2n) is 5.14. The Hall–Kier alpha value is -2.97. The summed E-state index contributed by atoms with van der Waals surface area (Å²) in [5.41, 5.74) is -0.854. The van der Waals surface area contributed by atoms with Gasteiger partial charge in [-0.05, 0) is 24.3 Å². The lowest BCUT2D eigenvalue weighted by atomic mass is 10.2. The molecule has 1 heterocycles. The maximum atomic E-state index is 12.8. The minimum absolute atomic E-state index is 0.0883. The molecule has 1 aromatic heterocycles. The number of hydrogen-bond donors (Lipinski definition) is 2. The highest BCUT2D eigenvalue weighted by atomic mass is 19.4. The molecule has 1 aromatic carbocycles. The lowest BCUT2D eigenvalue weighted by Crippen LogP contribution is -2.33. The van der Waals surface area contributed by atoms with Crippen LogP contribution in [-0.4, -0.2) is 37.7 Å². The van der Waals surface area contributed by atoms with E-state index in [0.717, 1.165) is 6.07 Å². The Kier molecular flexibility index (Phi) is 6.65. The van der Waals surface area contributed by atoms with E-state index >= 15 is 0 Å². The van der Waals surface area contributed by atoms with E-state index in [2.05, 4.69) is 15.6 Å². The number of aromatic nitrogens is 1. The average Bonchev–Trinajstić information content (AvgIpc) is 2.63. The molecule has 0 radical (unpaired) electrons. The molecule has 0 fully saturated rings. The summed E-state index contributed by atoms with van der Waals surface area (Å²) in [5.74, 6) is 0.400. The first-order valence-electron chi connectivity index (χ1n) is 7.70. The Labute approximate surface area is 148 Å². The van der Waals surface area contributed by atoms with Crippen LogP contribution in [-0.2, 0) is 11.0 Å². The summed E-state index contributed by atoms with van der Waals surface area (Å²) in [6.45, 7) is -0.0102. The number of nitrogens with zero attached hydrogens (tertiary/aromatic N) is 1. The SMILES string of the molecule is COc1cccc(OCC(=O)NCCNc2ncccc2C(F)(F)F)c1. The van der Waals surface area contributed by atoms with Crippen LogP contribution in [0, 0.1) is 0 Å². The molecule has 0 aliphatic carbocycles. The molecule has 26 heavy (non-hydrogen) atoms. The molecule has 0 aliphatic heterocycles. The molecular formula is C17H18F3N3O3. The van der Waals surface area contributed by atoms with Gasteiger partial charge in [0, 0.05) is 25.4 Å². The number of ether oxygens (including phenoxy) is 2. The zero-order chi connectivity index (χ0) is 19.0. The number of pyridine rings is 1. The molecule has 1 amide bonds. The Morgan fingerprint density at radius 1 is 1.15 bits per heavy atom. The highest BCUT2D eigenvalue weighted by Crippen LogP contribution is 2.33. The number of rotatable bonds is 8. The van der Waals surface area contributed by atoms with Gasteiger partial charge < -0.3 is 20.1 Å². The molecule has 0 saturated heterocycles. The van der Waals surface area contributed by atoms with Gasteiger partial charge in [0.2, 0.25) is 0 Å². The molecule has 0 unspecified atom stereocenters. The average molecular weight is 369 g/mol. The molecule has 0 bridgehead atoms. The van der Waals surface area contributed by atoms with Crippen molar-refractivity contribution in [2.24, 2.45) is 0 Å². The van der Waals surface area contributed by atoms with Gasteiger partial charge in [0.25, 0.3) is 5.91 Å². The van der Waals surface area contributed by atoms with E-state index in [1.165, 1.54) is 19.4 Å². The third kappa shape index (κ3) is 5.83. The zero-order valence-electron chi connectivity index (χ0n) is 14.0. The number of carbonyl (C=O) groups is 1. The first kappa shape index (κ1) is 19.4. The van der Waals surface area contributed by atoms with Crippen molar-refractivity contribution in [2.75, 3.05) is 32.1 Å². The minimum Gasteiger partial charge on any atom is -0.497 e. The normalized spacial score (nSPS) is 10.9. The van der Waals surface area contributed by atoms with Gasteiger partial charge in [-0.25, -0.2) is 4.98 Å². The van der Waals surface area contributed by atoms with Crippen LogP contribution in [0.2, 0.25) is 0 Å². The second kappa shape index (κ2) is 8.93. The molecule has 2 aromatic rings. The van der Waals surface area contributed by atoms with Gasteiger partial charge in [-0.1, -0.05) is 6.07 Å². The van der Waals surface area contributed by atoms with E-state index < -0.39 is 17.6 Å². The van der Waals surface area contributed by atoms with Gasteiger partial charge in [0.15, 0.2) is 6.61 Å². The van der Waals surface area contributed by atoms with Gasteiger partial charge in [-0.15, -0.1) is 0 Å². The Morgan fingerprint density at radius 2 is 1.92 bits per heavy atom. The molecule has 9 heteroatoms. The third-order valence-corrected chi connectivity index (χ3v) is 3.26. The highest BCUT2D eigenvalue weighted by Gasteiger charge is 2.33. The monoisotopic (exact) mass is 369 g/mol. The predicted octanol–water partition coefficient (Wildman–Crippen LogP) is 2.72. The van der Waals surface area contributed by atoms with Crippen LogP contribution < -0.4 is 20.1 Å². The summed E-state index contributed by atoms with van der Waals surface area (Å²) in [4.78, 5) is 15.4. The molecule has 0 atom stereocenters. The van der Waals surface area contributed by atoms with Crippen molar-refractivity contribution in [3.8, 4) is 11.5 Å². The second-order valence-corrected chi connectivity index (χ2v) is 5.14. The maximum Gasteiger partial charge on any atom is 0.419 e. The van der Waals surface area contributed by atoms with E-state index in [1.54, 1.807) is 24.3 Å². The summed E-state index contributed by atoms with van der Waals surface area (Å²) in [6, 6.07) is 8.93. The largest absolute Gasteiger partial charge is 0.497 e. The Balaban J connectivity index is 1.74. The van der Waals surface area contributed by atoms with Crippen LogP contribution in [0.1, 0.15) is 5.56 Å². The first-order chi connectivity index (χ1) is 12.4. The summed E-state index contributed by atoms with van der Waals surface area (Å²) < 4.78 is 48.8. The van der Waals surface area contributed by atoms with Gasteiger partial charge in [0.1, 0.15) is 17.3 Å². The standard InChI is InChI=1S/C17H18F3N3O3/c1-25-12-4-2-5-13(10-12)26-11-15(24)21-8-9-23-16-14(17(18,19)20)6-3-7-22-16/h2-7,10H,8-9,11H2,1H3,(H,21,24)(H,22,23). The number of methoxy groups -OCH3 is 1. The summed E-state index contributed by atoms with van der Waals surface area (Å²) in [6.07, 6.45) is -3.23. The molecular weight excluding hydrogens is 351 g/mol. The third-order valence-electron chi connectivity index (χ3n) is 3.26. The fraction of sp³-hybridized carbons (Fsp3) is 0.294. The van der Waals surface area contributed by atoms with Gasteiger partial charge in [-0.3, -0.25) is 4.79 Å². The quantitative estimate of drug-likeness (QED) is 0.700. The Morgan fingerprint density at radius 3 is 2.65 bits per heavy atom. The number of nitrogens with one attached hydrogen (secondary N) is 2. The first-order valence-corrected chi connectivity index (χ1v) is 7.70. The molecule has 2 rings (SSSR count). The van der Waals surface area contributed by atoms with Crippen molar-refractivity contribution >= 4 is 11.7 Å². The Bertz CT molecular complexity index is 738. The van der Waals surface area contributed by atoms with E-state index in [0.29, 0.717) is 11.5 Å². The van der Waals surface area contributed by atoms with E-state index in [-0.39, 0.29) is 25.5 Å². The molecule has 6 nitrogen and oxygen atoms in total. The summed E-state index contributed by atoms with van der Waals surface area (Å²) in [5, 5.41) is 5.10. The van der Waals surface area contributed by atoms with Crippen LogP contribution >= 0.6 is 0 Å². The van der Waals surface area contributed by atoms with Gasteiger partial charge in [-0.2, -0.15) is 13.2 Å². The molecule has 0 spiro atoms. The highest BCUT2D eigenvalue weighted by molar-refractivity contribution is 5.77. The maximum absolute atomic E-state index is 12.8. The molecule has 140 valence electrons. The van der Waals surface area contributed by atoms with Crippen LogP contribution in [0.15, 0.2) is 42.6 Å². The zero-order valence-corrected chi connectivity index (χ0v) is 14.0. The number of halogens is 3. The lowest BCUT2D eigenvalue weighted by molar-refractivity contribution is -0.137. The molecule has 2 N–H and O–H groups in total. The van der Waals surface area contributed by atoms with Crippen LogP contribution in [0.25, 0.3) is 0 Å². The van der Waals surface area contributed by atoms with Crippen molar-refractivity contribution < 1.29 is 27.4 Å². The van der Waals surface area contributed by atoms with Crippen molar-refractivity contribution in [2.45, 2.75) is 6.18 Å². The molecule has 0 aliphatic rings. The number of hydrogen-bond acceptors (Lipinski definition) is 5. The number of alkyl halides is 3. The van der Waals surface area contributed by atoms with Crippen LogP contribution in [0.3, 0.4) is 0 Å².